The molecular formula is C12H15BrFNO2. The first-order valence-electron chi connectivity index (χ1n) is 5.33. The standard InChI is InChI=1S/C12H15BrFNO2/c1-3-15(6-7-17-2)12(16)9-4-5-11(14)10(13)8-9/h4-5,8H,3,6-7H2,1-2H3. The normalized spacial score (nSPS) is 10.4. The number of amides is 1. The molecule has 0 aliphatic rings. The minimum absolute atomic E-state index is 0.120. The third-order valence-electron chi connectivity index (χ3n) is 2.40. The van der Waals surface area contributed by atoms with E-state index in [1.165, 1.54) is 18.2 Å². The van der Waals surface area contributed by atoms with Crippen molar-refractivity contribution in [1.82, 2.24) is 4.90 Å². The predicted octanol–water partition coefficient (Wildman–Crippen LogP) is 2.70. The molecule has 0 heterocycles. The van der Waals surface area contributed by atoms with E-state index >= 15 is 0 Å². The summed E-state index contributed by atoms with van der Waals surface area (Å²) in [6.07, 6.45) is 0. The van der Waals surface area contributed by atoms with Gasteiger partial charge in [-0.2, -0.15) is 0 Å². The average molecular weight is 304 g/mol. The zero-order valence-electron chi connectivity index (χ0n) is 9.87. The molecule has 0 N–H and O–H groups in total. The van der Waals surface area contributed by atoms with E-state index in [9.17, 15) is 9.18 Å². The molecule has 0 fully saturated rings. The summed E-state index contributed by atoms with van der Waals surface area (Å²) < 4.78 is 18.3. The zero-order chi connectivity index (χ0) is 12.8. The predicted molar refractivity (Wildman–Crippen MR) is 67.6 cm³/mol. The zero-order valence-corrected chi connectivity index (χ0v) is 11.5. The molecule has 0 radical (unpaired) electrons. The SMILES string of the molecule is CCN(CCOC)C(=O)c1ccc(F)c(Br)c1. The Morgan fingerprint density at radius 1 is 1.53 bits per heavy atom. The number of carbonyl (C=O) groups is 1. The minimum Gasteiger partial charge on any atom is -0.383 e. The molecule has 17 heavy (non-hydrogen) atoms. The van der Waals surface area contributed by atoms with Crippen LogP contribution in [-0.2, 0) is 4.74 Å². The smallest absolute Gasteiger partial charge is 0.253 e. The van der Waals surface area contributed by atoms with E-state index in [1.54, 1.807) is 12.0 Å². The fourth-order valence-electron chi connectivity index (χ4n) is 1.42. The second-order valence-corrected chi connectivity index (χ2v) is 4.36. The lowest BCUT2D eigenvalue weighted by atomic mass is 10.2. The highest BCUT2D eigenvalue weighted by Crippen LogP contribution is 2.17. The Balaban J connectivity index is 2.82. The largest absolute Gasteiger partial charge is 0.383 e. The molecule has 0 aromatic heterocycles. The molecule has 0 saturated heterocycles. The lowest BCUT2D eigenvalue weighted by molar-refractivity contribution is 0.0706. The summed E-state index contributed by atoms with van der Waals surface area (Å²) in [7, 11) is 1.59. The van der Waals surface area contributed by atoms with Gasteiger partial charge in [0.15, 0.2) is 0 Å². The van der Waals surface area contributed by atoms with Crippen LogP contribution in [-0.4, -0.2) is 37.6 Å². The maximum atomic E-state index is 13.1. The second-order valence-electron chi connectivity index (χ2n) is 3.51. The van der Waals surface area contributed by atoms with Gasteiger partial charge in [-0.05, 0) is 41.1 Å². The minimum atomic E-state index is -0.374. The summed E-state index contributed by atoms with van der Waals surface area (Å²) >= 11 is 3.07. The molecule has 5 heteroatoms. The summed E-state index contributed by atoms with van der Waals surface area (Å²) in [6.45, 7) is 3.51. The van der Waals surface area contributed by atoms with E-state index in [2.05, 4.69) is 15.9 Å². The number of rotatable bonds is 5. The van der Waals surface area contributed by atoms with Crippen molar-refractivity contribution >= 4 is 21.8 Å². The summed E-state index contributed by atoms with van der Waals surface area (Å²) in [5.41, 5.74) is 0.469. The molecule has 0 unspecified atom stereocenters. The van der Waals surface area contributed by atoms with Gasteiger partial charge in [-0.3, -0.25) is 4.79 Å². The molecule has 1 rings (SSSR count). The van der Waals surface area contributed by atoms with Crippen molar-refractivity contribution in [2.75, 3.05) is 26.8 Å². The van der Waals surface area contributed by atoms with Gasteiger partial charge in [0.2, 0.25) is 0 Å². The highest BCUT2D eigenvalue weighted by Gasteiger charge is 2.14. The van der Waals surface area contributed by atoms with Crippen LogP contribution in [0.4, 0.5) is 4.39 Å². The Morgan fingerprint density at radius 2 is 2.24 bits per heavy atom. The molecule has 1 amide bonds. The number of ether oxygens (including phenoxy) is 1. The van der Waals surface area contributed by atoms with Gasteiger partial charge in [0.05, 0.1) is 11.1 Å². The highest BCUT2D eigenvalue weighted by atomic mass is 79.9. The number of hydrogen-bond acceptors (Lipinski definition) is 2. The first kappa shape index (κ1) is 14.1. The summed E-state index contributed by atoms with van der Waals surface area (Å²) in [6, 6.07) is 4.26. The first-order valence-corrected chi connectivity index (χ1v) is 6.12. The quantitative estimate of drug-likeness (QED) is 0.837. The molecule has 94 valence electrons. The monoisotopic (exact) mass is 303 g/mol. The number of halogens is 2. The Kier molecular flexibility index (Phi) is 5.58. The topological polar surface area (TPSA) is 29.5 Å². The van der Waals surface area contributed by atoms with Crippen LogP contribution in [0.1, 0.15) is 17.3 Å². The van der Waals surface area contributed by atoms with Gasteiger partial charge in [0.1, 0.15) is 5.82 Å². The van der Waals surface area contributed by atoms with Crippen molar-refractivity contribution in [3.63, 3.8) is 0 Å². The highest BCUT2D eigenvalue weighted by molar-refractivity contribution is 9.10. The molecule has 0 atom stereocenters. The van der Waals surface area contributed by atoms with Gasteiger partial charge in [0.25, 0.3) is 5.91 Å². The van der Waals surface area contributed by atoms with E-state index in [4.69, 9.17) is 4.74 Å². The van der Waals surface area contributed by atoms with Crippen LogP contribution < -0.4 is 0 Å². The van der Waals surface area contributed by atoms with Crippen LogP contribution in [0.3, 0.4) is 0 Å². The van der Waals surface area contributed by atoms with Crippen LogP contribution in [0, 0.1) is 5.82 Å². The maximum Gasteiger partial charge on any atom is 0.253 e. The van der Waals surface area contributed by atoms with Crippen molar-refractivity contribution in [2.45, 2.75) is 6.92 Å². The van der Waals surface area contributed by atoms with E-state index in [-0.39, 0.29) is 11.7 Å². The van der Waals surface area contributed by atoms with Gasteiger partial charge >= 0.3 is 0 Å². The fourth-order valence-corrected chi connectivity index (χ4v) is 1.80. The van der Waals surface area contributed by atoms with E-state index < -0.39 is 0 Å². The lowest BCUT2D eigenvalue weighted by Crippen LogP contribution is -2.33. The number of likely N-dealkylation sites (N-methyl/N-ethyl adjacent to an activating group) is 1. The average Bonchev–Trinajstić information content (AvgIpc) is 2.33. The van der Waals surface area contributed by atoms with Gasteiger partial charge < -0.3 is 9.64 Å². The van der Waals surface area contributed by atoms with Crippen LogP contribution in [0.15, 0.2) is 22.7 Å². The van der Waals surface area contributed by atoms with Gasteiger partial charge in [-0.15, -0.1) is 0 Å². The number of nitrogens with zero attached hydrogens (tertiary/aromatic N) is 1. The van der Waals surface area contributed by atoms with Gasteiger partial charge in [-0.25, -0.2) is 4.39 Å². The molecule has 1 aromatic carbocycles. The molecule has 0 bridgehead atoms. The van der Waals surface area contributed by atoms with Crippen LogP contribution in [0.2, 0.25) is 0 Å². The summed E-state index contributed by atoms with van der Waals surface area (Å²) in [5.74, 6) is -0.494. The van der Waals surface area contributed by atoms with Crippen LogP contribution in [0.5, 0.6) is 0 Å². The number of methoxy groups -OCH3 is 1. The molecule has 0 spiro atoms. The van der Waals surface area contributed by atoms with Crippen molar-refractivity contribution in [1.29, 1.82) is 0 Å². The van der Waals surface area contributed by atoms with E-state index in [1.807, 2.05) is 6.92 Å². The lowest BCUT2D eigenvalue weighted by Gasteiger charge is -2.20. The third kappa shape index (κ3) is 3.78. The maximum absolute atomic E-state index is 13.1. The van der Waals surface area contributed by atoms with Gasteiger partial charge in [-0.1, -0.05) is 0 Å². The molecule has 0 aliphatic carbocycles. The van der Waals surface area contributed by atoms with Crippen molar-refractivity contribution in [2.24, 2.45) is 0 Å². The Bertz CT molecular complexity index is 398. The van der Waals surface area contributed by atoms with Gasteiger partial charge in [0, 0.05) is 25.8 Å². The summed E-state index contributed by atoms with van der Waals surface area (Å²) in [5, 5.41) is 0. The third-order valence-corrected chi connectivity index (χ3v) is 3.01. The molecular weight excluding hydrogens is 289 g/mol. The fraction of sp³-hybridized carbons (Fsp3) is 0.417. The van der Waals surface area contributed by atoms with Crippen LogP contribution >= 0.6 is 15.9 Å². The van der Waals surface area contributed by atoms with Crippen LogP contribution in [0.25, 0.3) is 0 Å². The number of carbonyl (C=O) groups excluding carboxylic acids is 1. The molecule has 0 saturated carbocycles. The van der Waals surface area contributed by atoms with E-state index in [0.717, 1.165) is 0 Å². The second kappa shape index (κ2) is 6.71. The molecule has 3 nitrogen and oxygen atoms in total. The van der Waals surface area contributed by atoms with Crippen molar-refractivity contribution in [3.8, 4) is 0 Å². The van der Waals surface area contributed by atoms with E-state index in [0.29, 0.717) is 29.7 Å². The number of benzene rings is 1. The Hall–Kier alpha value is -0.940. The van der Waals surface area contributed by atoms with Crippen molar-refractivity contribution < 1.29 is 13.9 Å². The summed E-state index contributed by atoms with van der Waals surface area (Å²) in [4.78, 5) is 13.7. The number of hydrogen-bond donors (Lipinski definition) is 0. The molecule has 0 aliphatic heterocycles. The Morgan fingerprint density at radius 3 is 2.76 bits per heavy atom. The molecule has 1 aromatic rings. The first-order chi connectivity index (χ1) is 8.10. The Labute approximate surface area is 109 Å². The van der Waals surface area contributed by atoms with Crippen molar-refractivity contribution in [3.05, 3.63) is 34.1 Å².